The van der Waals surface area contributed by atoms with Gasteiger partial charge in [0.05, 0.1) is 11.0 Å². The largest absolute Gasteiger partial charge is 0.289 e. The van der Waals surface area contributed by atoms with E-state index in [1.54, 1.807) is 0 Å². The molecule has 0 aromatic rings. The minimum atomic E-state index is -3.25. The van der Waals surface area contributed by atoms with Crippen LogP contribution in [0.2, 0.25) is 0 Å². The van der Waals surface area contributed by atoms with Gasteiger partial charge < -0.3 is 0 Å². The zero-order chi connectivity index (χ0) is 14.7. The number of hydrogen-bond acceptors (Lipinski definition) is 4. The third kappa shape index (κ3) is 8.21. The van der Waals surface area contributed by atoms with Crippen molar-refractivity contribution in [2.75, 3.05) is 5.75 Å². The molecule has 1 amide bonds. The Morgan fingerprint density at radius 1 is 1.11 bits per heavy atom. The van der Waals surface area contributed by atoms with Gasteiger partial charge in [-0.2, -0.15) is 0 Å². The van der Waals surface area contributed by atoms with Crippen molar-refractivity contribution in [1.29, 1.82) is 0 Å². The molecule has 0 heterocycles. The topological polar surface area (TPSA) is 83.5 Å². The second kappa shape index (κ2) is 10.2. The highest BCUT2D eigenvalue weighted by Crippen LogP contribution is 2.17. The first-order valence-electron chi connectivity index (χ1n) is 7.12. The third-order valence-corrected chi connectivity index (χ3v) is 5.48. The number of carbonyl (C=O) groups is 1. The van der Waals surface area contributed by atoms with Gasteiger partial charge in [0.25, 0.3) is 0 Å². The Kier molecular flexibility index (Phi) is 9.87. The molecule has 0 fully saturated rings. The van der Waals surface area contributed by atoms with Crippen LogP contribution >= 0.6 is 0 Å². The lowest BCUT2D eigenvalue weighted by molar-refractivity contribution is -0.129. The number of amides is 1. The minimum Gasteiger partial charge on any atom is -0.289 e. The van der Waals surface area contributed by atoms with E-state index >= 15 is 0 Å². The van der Waals surface area contributed by atoms with Crippen LogP contribution in [-0.2, 0) is 14.6 Å². The standard InChI is InChI=1S/C13H27NO4S/c1-3-5-7-8-10-19(17,18)12(9-6-4-2)11-13(15)14-16/h12,16H,3-11H2,1-2H3,(H,14,15)/t12-/m0/s1. The van der Waals surface area contributed by atoms with E-state index in [1.165, 1.54) is 5.48 Å². The van der Waals surface area contributed by atoms with Crippen LogP contribution in [0, 0.1) is 0 Å². The predicted octanol–water partition coefficient (Wildman–Crippen LogP) is 2.44. The number of unbranched alkanes of at least 4 members (excludes halogenated alkanes) is 4. The predicted molar refractivity (Wildman–Crippen MR) is 75.8 cm³/mol. The zero-order valence-corrected chi connectivity index (χ0v) is 12.8. The summed E-state index contributed by atoms with van der Waals surface area (Å²) in [6.45, 7) is 4.06. The highest BCUT2D eigenvalue weighted by Gasteiger charge is 2.26. The summed E-state index contributed by atoms with van der Waals surface area (Å²) in [6, 6.07) is 0. The molecule has 6 heteroatoms. The molecule has 1 atom stereocenters. The van der Waals surface area contributed by atoms with Gasteiger partial charge in [0.1, 0.15) is 0 Å². The maximum Gasteiger partial charge on any atom is 0.244 e. The van der Waals surface area contributed by atoms with Gasteiger partial charge in [0, 0.05) is 6.42 Å². The lowest BCUT2D eigenvalue weighted by Gasteiger charge is -2.16. The Balaban J connectivity index is 4.48. The number of nitrogens with one attached hydrogen (secondary N) is 1. The third-order valence-electron chi connectivity index (χ3n) is 3.21. The smallest absolute Gasteiger partial charge is 0.244 e. The lowest BCUT2D eigenvalue weighted by Crippen LogP contribution is -2.31. The van der Waals surface area contributed by atoms with Crippen LogP contribution in [0.15, 0.2) is 0 Å². The Hall–Kier alpha value is -0.620. The number of carbonyl (C=O) groups excluding carboxylic acids is 1. The Bertz CT molecular complexity index is 341. The van der Waals surface area contributed by atoms with Gasteiger partial charge in [-0.15, -0.1) is 0 Å². The summed E-state index contributed by atoms with van der Waals surface area (Å²) in [5.74, 6) is -0.488. The Labute approximate surface area is 116 Å². The number of hydrogen-bond donors (Lipinski definition) is 2. The quantitative estimate of drug-likeness (QED) is 0.348. The second-order valence-corrected chi connectivity index (χ2v) is 7.33. The van der Waals surface area contributed by atoms with Crippen molar-refractivity contribution in [3.8, 4) is 0 Å². The van der Waals surface area contributed by atoms with E-state index in [0.29, 0.717) is 12.8 Å². The van der Waals surface area contributed by atoms with E-state index in [2.05, 4.69) is 6.92 Å². The number of sulfone groups is 1. The molecular formula is C13H27NO4S. The van der Waals surface area contributed by atoms with E-state index in [0.717, 1.165) is 32.1 Å². The maximum atomic E-state index is 12.2. The van der Waals surface area contributed by atoms with Crippen LogP contribution in [0.1, 0.15) is 65.2 Å². The summed E-state index contributed by atoms with van der Waals surface area (Å²) in [5, 5.41) is 7.86. The first-order chi connectivity index (χ1) is 8.97. The van der Waals surface area contributed by atoms with Crippen LogP contribution in [-0.4, -0.2) is 30.5 Å². The first kappa shape index (κ1) is 18.4. The molecule has 0 saturated carbocycles. The average Bonchev–Trinajstić information content (AvgIpc) is 2.39. The monoisotopic (exact) mass is 293 g/mol. The minimum absolute atomic E-state index is 0.139. The van der Waals surface area contributed by atoms with E-state index < -0.39 is 21.0 Å². The fourth-order valence-corrected chi connectivity index (χ4v) is 3.86. The van der Waals surface area contributed by atoms with Gasteiger partial charge in [0.2, 0.25) is 5.91 Å². The van der Waals surface area contributed by atoms with Crippen molar-refractivity contribution in [3.05, 3.63) is 0 Å². The van der Waals surface area contributed by atoms with E-state index in [1.807, 2.05) is 6.92 Å². The molecule has 0 saturated heterocycles. The van der Waals surface area contributed by atoms with Crippen molar-refractivity contribution >= 4 is 15.7 Å². The molecular weight excluding hydrogens is 266 g/mol. The molecule has 2 N–H and O–H groups in total. The molecule has 19 heavy (non-hydrogen) atoms. The van der Waals surface area contributed by atoms with Crippen molar-refractivity contribution in [3.63, 3.8) is 0 Å². The van der Waals surface area contributed by atoms with Crippen LogP contribution in [0.25, 0.3) is 0 Å². The highest BCUT2D eigenvalue weighted by atomic mass is 32.2. The zero-order valence-electron chi connectivity index (χ0n) is 12.0. The molecule has 5 nitrogen and oxygen atoms in total. The summed E-state index contributed by atoms with van der Waals surface area (Å²) in [5.41, 5.74) is 1.52. The SMILES string of the molecule is CCCCCCS(=O)(=O)[C@@H](CCCC)CC(=O)NO. The summed E-state index contributed by atoms with van der Waals surface area (Å²) in [7, 11) is -3.25. The van der Waals surface area contributed by atoms with Gasteiger partial charge >= 0.3 is 0 Å². The lowest BCUT2D eigenvalue weighted by atomic mass is 10.1. The molecule has 0 rings (SSSR count). The van der Waals surface area contributed by atoms with Crippen molar-refractivity contribution in [2.45, 2.75) is 70.5 Å². The maximum absolute atomic E-state index is 12.2. The van der Waals surface area contributed by atoms with E-state index in [-0.39, 0.29) is 12.2 Å². The summed E-state index contributed by atoms with van der Waals surface area (Å²) in [4.78, 5) is 11.2. The van der Waals surface area contributed by atoms with E-state index in [9.17, 15) is 13.2 Å². The highest BCUT2D eigenvalue weighted by molar-refractivity contribution is 7.92. The average molecular weight is 293 g/mol. The number of rotatable bonds is 11. The summed E-state index contributed by atoms with van der Waals surface area (Å²) in [6.07, 6.45) is 5.66. The normalized spacial score (nSPS) is 13.2. The molecule has 0 spiro atoms. The number of hydroxylamine groups is 1. The van der Waals surface area contributed by atoms with Gasteiger partial charge in [-0.05, 0) is 12.8 Å². The molecule has 0 bridgehead atoms. The second-order valence-electron chi connectivity index (χ2n) is 4.93. The van der Waals surface area contributed by atoms with Crippen molar-refractivity contribution in [1.82, 2.24) is 5.48 Å². The fraction of sp³-hybridized carbons (Fsp3) is 0.923. The molecule has 0 aromatic heterocycles. The molecule has 114 valence electrons. The Morgan fingerprint density at radius 3 is 2.26 bits per heavy atom. The van der Waals surface area contributed by atoms with Crippen LogP contribution in [0.3, 0.4) is 0 Å². The molecule has 0 aromatic carbocycles. The van der Waals surface area contributed by atoms with Gasteiger partial charge in [0.15, 0.2) is 9.84 Å². The molecule has 0 aliphatic heterocycles. The van der Waals surface area contributed by atoms with Gasteiger partial charge in [-0.3, -0.25) is 10.0 Å². The van der Waals surface area contributed by atoms with Gasteiger partial charge in [-0.1, -0.05) is 46.0 Å². The van der Waals surface area contributed by atoms with Crippen molar-refractivity contribution in [2.24, 2.45) is 0 Å². The van der Waals surface area contributed by atoms with Gasteiger partial charge in [-0.25, -0.2) is 13.9 Å². The Morgan fingerprint density at radius 2 is 1.74 bits per heavy atom. The van der Waals surface area contributed by atoms with Crippen LogP contribution < -0.4 is 5.48 Å². The summed E-state index contributed by atoms with van der Waals surface area (Å²) >= 11 is 0. The molecule has 0 aliphatic rings. The van der Waals surface area contributed by atoms with Crippen molar-refractivity contribution < 1.29 is 18.4 Å². The fourth-order valence-electron chi connectivity index (χ4n) is 1.99. The molecule has 0 radical (unpaired) electrons. The van der Waals surface area contributed by atoms with E-state index in [4.69, 9.17) is 5.21 Å². The molecule has 0 aliphatic carbocycles. The van der Waals surface area contributed by atoms with Crippen LogP contribution in [0.4, 0.5) is 0 Å². The van der Waals surface area contributed by atoms with Crippen LogP contribution in [0.5, 0.6) is 0 Å². The molecule has 0 unspecified atom stereocenters. The summed E-state index contributed by atoms with van der Waals surface area (Å²) < 4.78 is 24.4. The first-order valence-corrected chi connectivity index (χ1v) is 8.84.